The molecule has 3 heterocycles. The number of hydrogen-bond donors (Lipinski definition) is 1. The third-order valence-corrected chi connectivity index (χ3v) is 5.33. The number of rotatable bonds is 4. The van der Waals surface area contributed by atoms with Gasteiger partial charge in [-0.1, -0.05) is 23.4 Å². The van der Waals surface area contributed by atoms with E-state index in [1.165, 1.54) is 18.1 Å². The number of aromatic nitrogens is 3. The van der Waals surface area contributed by atoms with Gasteiger partial charge in [-0.2, -0.15) is 0 Å². The minimum Gasteiger partial charge on any atom is -0.322 e. The van der Waals surface area contributed by atoms with Crippen LogP contribution in [0.3, 0.4) is 0 Å². The Balaban J connectivity index is 1.74. The molecular formula is C14H11ClN4OS2. The standard InChI is InChI=1S/C14H11ClN4OS2/c1-8(13(20)19-10-3-2-5-16-12(10)15)22-14-11-9(4-6-21-11)17-7-18-14/h2-8H,1H3,(H,19,20). The number of fused-ring (bicyclic) bond motifs is 1. The Morgan fingerprint density at radius 3 is 3.05 bits per heavy atom. The topological polar surface area (TPSA) is 67.8 Å². The van der Waals surface area contributed by atoms with Crippen molar-refractivity contribution in [2.24, 2.45) is 0 Å². The molecule has 1 N–H and O–H groups in total. The van der Waals surface area contributed by atoms with Crippen molar-refractivity contribution in [3.05, 3.63) is 41.3 Å². The van der Waals surface area contributed by atoms with Crippen molar-refractivity contribution in [3.8, 4) is 0 Å². The van der Waals surface area contributed by atoms with Crippen molar-refractivity contribution < 1.29 is 4.79 Å². The molecule has 0 aliphatic carbocycles. The van der Waals surface area contributed by atoms with Gasteiger partial charge in [0.15, 0.2) is 5.15 Å². The molecule has 0 saturated heterocycles. The minimum absolute atomic E-state index is 0.150. The summed E-state index contributed by atoms with van der Waals surface area (Å²) < 4.78 is 0.992. The van der Waals surface area contributed by atoms with Crippen LogP contribution in [0.15, 0.2) is 41.1 Å². The number of pyridine rings is 1. The predicted molar refractivity (Wildman–Crippen MR) is 90.6 cm³/mol. The maximum Gasteiger partial charge on any atom is 0.237 e. The summed E-state index contributed by atoms with van der Waals surface area (Å²) in [6.45, 7) is 1.83. The number of nitrogens with one attached hydrogen (secondary N) is 1. The molecular weight excluding hydrogens is 340 g/mol. The fourth-order valence-electron chi connectivity index (χ4n) is 1.78. The maximum absolute atomic E-state index is 12.3. The van der Waals surface area contributed by atoms with Crippen molar-refractivity contribution in [1.82, 2.24) is 15.0 Å². The molecule has 1 atom stereocenters. The van der Waals surface area contributed by atoms with Crippen molar-refractivity contribution in [1.29, 1.82) is 0 Å². The number of amides is 1. The fourth-order valence-corrected chi connectivity index (χ4v) is 3.79. The van der Waals surface area contributed by atoms with Crippen LogP contribution in [0.25, 0.3) is 10.2 Å². The van der Waals surface area contributed by atoms with Gasteiger partial charge in [-0.3, -0.25) is 4.79 Å². The lowest BCUT2D eigenvalue weighted by Crippen LogP contribution is -2.22. The van der Waals surface area contributed by atoms with Gasteiger partial charge < -0.3 is 5.32 Å². The van der Waals surface area contributed by atoms with Crippen molar-refractivity contribution in [3.63, 3.8) is 0 Å². The third-order valence-electron chi connectivity index (χ3n) is 2.89. The van der Waals surface area contributed by atoms with Gasteiger partial charge in [0, 0.05) is 6.20 Å². The van der Waals surface area contributed by atoms with Crippen molar-refractivity contribution in [2.75, 3.05) is 5.32 Å². The van der Waals surface area contributed by atoms with Gasteiger partial charge >= 0.3 is 0 Å². The number of nitrogens with zero attached hydrogens (tertiary/aromatic N) is 3. The molecule has 5 nitrogen and oxygen atoms in total. The van der Waals surface area contributed by atoms with E-state index in [4.69, 9.17) is 11.6 Å². The van der Waals surface area contributed by atoms with E-state index >= 15 is 0 Å². The molecule has 3 rings (SSSR count). The Bertz CT molecular complexity index is 823. The molecule has 0 bridgehead atoms. The van der Waals surface area contributed by atoms with Gasteiger partial charge in [-0.05, 0) is 30.5 Å². The molecule has 3 aromatic rings. The van der Waals surface area contributed by atoms with Crippen LogP contribution in [0.1, 0.15) is 6.92 Å². The molecule has 1 unspecified atom stereocenters. The fraction of sp³-hybridized carbons (Fsp3) is 0.143. The molecule has 8 heteroatoms. The Kier molecular flexibility index (Phi) is 4.56. The molecule has 112 valence electrons. The molecule has 3 aromatic heterocycles. The van der Waals surface area contributed by atoms with E-state index in [0.29, 0.717) is 5.69 Å². The van der Waals surface area contributed by atoms with E-state index < -0.39 is 0 Å². The summed E-state index contributed by atoms with van der Waals surface area (Å²) in [7, 11) is 0. The number of thioether (sulfide) groups is 1. The number of halogens is 1. The number of thiophene rings is 1. The molecule has 22 heavy (non-hydrogen) atoms. The second-order valence-electron chi connectivity index (χ2n) is 4.40. The van der Waals surface area contributed by atoms with E-state index in [1.54, 1.807) is 29.7 Å². The zero-order valence-electron chi connectivity index (χ0n) is 11.5. The molecule has 0 fully saturated rings. The second kappa shape index (κ2) is 6.60. The van der Waals surface area contributed by atoms with Gasteiger partial charge in [0.05, 0.1) is 21.2 Å². The van der Waals surface area contributed by atoms with Crippen LogP contribution in [-0.2, 0) is 4.79 Å². The van der Waals surface area contributed by atoms with Crippen LogP contribution in [0.5, 0.6) is 0 Å². The van der Waals surface area contributed by atoms with E-state index in [1.807, 2.05) is 18.4 Å². The normalized spacial score (nSPS) is 12.3. The summed E-state index contributed by atoms with van der Waals surface area (Å²) in [6, 6.07) is 5.37. The molecule has 0 spiro atoms. The van der Waals surface area contributed by atoms with Gasteiger partial charge in [0.1, 0.15) is 11.4 Å². The first-order chi connectivity index (χ1) is 10.6. The zero-order chi connectivity index (χ0) is 15.5. The molecule has 0 aliphatic heterocycles. The lowest BCUT2D eigenvalue weighted by Gasteiger charge is -2.12. The van der Waals surface area contributed by atoms with Crippen LogP contribution in [-0.4, -0.2) is 26.1 Å². The summed E-state index contributed by atoms with van der Waals surface area (Å²) >= 11 is 8.91. The summed E-state index contributed by atoms with van der Waals surface area (Å²) in [4.78, 5) is 24.7. The maximum atomic E-state index is 12.3. The Morgan fingerprint density at radius 2 is 2.23 bits per heavy atom. The molecule has 0 aromatic carbocycles. The van der Waals surface area contributed by atoms with E-state index in [2.05, 4.69) is 20.3 Å². The quantitative estimate of drug-likeness (QED) is 0.439. The summed E-state index contributed by atoms with van der Waals surface area (Å²) in [6.07, 6.45) is 3.09. The highest BCUT2D eigenvalue weighted by Gasteiger charge is 2.18. The molecule has 0 radical (unpaired) electrons. The van der Waals surface area contributed by atoms with E-state index in [-0.39, 0.29) is 16.3 Å². The highest BCUT2D eigenvalue weighted by Crippen LogP contribution is 2.31. The second-order valence-corrected chi connectivity index (χ2v) is 7.01. The Hall–Kier alpha value is -1.70. The minimum atomic E-state index is -0.323. The van der Waals surface area contributed by atoms with E-state index in [9.17, 15) is 4.79 Å². The third kappa shape index (κ3) is 3.21. The molecule has 0 aliphatic rings. The Labute approximate surface area is 140 Å². The van der Waals surface area contributed by atoms with Crippen LogP contribution in [0.4, 0.5) is 5.69 Å². The highest BCUT2D eigenvalue weighted by atomic mass is 35.5. The van der Waals surface area contributed by atoms with Crippen LogP contribution < -0.4 is 5.32 Å². The van der Waals surface area contributed by atoms with E-state index in [0.717, 1.165) is 15.2 Å². The van der Waals surface area contributed by atoms with Gasteiger partial charge in [-0.15, -0.1) is 11.3 Å². The first-order valence-electron chi connectivity index (χ1n) is 6.41. The zero-order valence-corrected chi connectivity index (χ0v) is 13.9. The van der Waals surface area contributed by atoms with Crippen LogP contribution in [0.2, 0.25) is 5.15 Å². The SMILES string of the molecule is CC(Sc1ncnc2ccsc12)C(=O)Nc1cccnc1Cl. The van der Waals surface area contributed by atoms with Gasteiger partial charge in [0.25, 0.3) is 0 Å². The van der Waals surface area contributed by atoms with Crippen LogP contribution >= 0.6 is 34.7 Å². The monoisotopic (exact) mass is 350 g/mol. The number of anilines is 1. The largest absolute Gasteiger partial charge is 0.322 e. The van der Waals surface area contributed by atoms with Crippen molar-refractivity contribution in [2.45, 2.75) is 17.2 Å². The predicted octanol–water partition coefficient (Wildman–Crippen LogP) is 3.86. The number of hydrogen-bond acceptors (Lipinski definition) is 6. The average molecular weight is 351 g/mol. The summed E-state index contributed by atoms with van der Waals surface area (Å²) in [5.41, 5.74) is 1.40. The first kappa shape index (κ1) is 15.2. The summed E-state index contributed by atoms with van der Waals surface area (Å²) in [5, 5.41) is 5.50. The lowest BCUT2D eigenvalue weighted by molar-refractivity contribution is -0.115. The number of carbonyl (C=O) groups is 1. The average Bonchev–Trinajstić information content (AvgIpc) is 2.99. The molecule has 1 amide bonds. The van der Waals surface area contributed by atoms with Gasteiger partial charge in [0.2, 0.25) is 5.91 Å². The van der Waals surface area contributed by atoms with Crippen molar-refractivity contribution >= 4 is 56.5 Å². The summed E-state index contributed by atoms with van der Waals surface area (Å²) in [5.74, 6) is -0.150. The van der Waals surface area contributed by atoms with Crippen LogP contribution in [0, 0.1) is 0 Å². The molecule has 0 saturated carbocycles. The number of carbonyl (C=O) groups excluding carboxylic acids is 1. The lowest BCUT2D eigenvalue weighted by atomic mass is 10.4. The van der Waals surface area contributed by atoms with Gasteiger partial charge in [-0.25, -0.2) is 15.0 Å². The first-order valence-corrected chi connectivity index (χ1v) is 8.55. The smallest absolute Gasteiger partial charge is 0.237 e. The Morgan fingerprint density at radius 1 is 1.36 bits per heavy atom. The highest BCUT2D eigenvalue weighted by molar-refractivity contribution is 8.00.